The van der Waals surface area contributed by atoms with Crippen LogP contribution in [0.4, 0.5) is 0 Å². The van der Waals surface area contributed by atoms with Crippen molar-refractivity contribution in [2.45, 2.75) is 38.6 Å². The van der Waals surface area contributed by atoms with Crippen molar-refractivity contribution in [2.24, 2.45) is 5.73 Å². The molecule has 2 rings (SSSR count). The molecule has 1 atom stereocenters. The van der Waals surface area contributed by atoms with Gasteiger partial charge in [0.05, 0.1) is 19.8 Å². The van der Waals surface area contributed by atoms with E-state index in [1.54, 1.807) is 0 Å². The van der Waals surface area contributed by atoms with Crippen LogP contribution in [0.15, 0.2) is 18.2 Å². The summed E-state index contributed by atoms with van der Waals surface area (Å²) in [5.74, 6) is 1.04. The van der Waals surface area contributed by atoms with E-state index in [1.165, 1.54) is 11.1 Å². The Morgan fingerprint density at radius 1 is 1.44 bits per heavy atom. The molecule has 0 amide bonds. The fourth-order valence-corrected chi connectivity index (χ4v) is 1.99. The molecule has 1 aliphatic heterocycles. The molecule has 100 valence electrons. The Morgan fingerprint density at radius 2 is 2.28 bits per heavy atom. The summed E-state index contributed by atoms with van der Waals surface area (Å²) in [6, 6.07) is 6.42. The first-order chi connectivity index (χ1) is 8.61. The molecule has 0 fully saturated rings. The number of benzene rings is 1. The predicted octanol–water partition coefficient (Wildman–Crippen LogP) is 2.31. The Kier molecular flexibility index (Phi) is 4.25. The van der Waals surface area contributed by atoms with Gasteiger partial charge in [0.25, 0.3) is 0 Å². The molecule has 0 bridgehead atoms. The van der Waals surface area contributed by atoms with Gasteiger partial charge in [0.1, 0.15) is 5.75 Å². The lowest BCUT2D eigenvalue weighted by Crippen LogP contribution is -2.40. The van der Waals surface area contributed by atoms with Crippen LogP contribution >= 0.6 is 0 Å². The Labute approximate surface area is 109 Å². The van der Waals surface area contributed by atoms with Crippen molar-refractivity contribution in [1.82, 2.24) is 0 Å². The number of rotatable bonds is 6. The topological polar surface area (TPSA) is 44.5 Å². The van der Waals surface area contributed by atoms with E-state index < -0.39 is 0 Å². The molecule has 0 aromatic heterocycles. The van der Waals surface area contributed by atoms with Crippen LogP contribution < -0.4 is 10.5 Å². The van der Waals surface area contributed by atoms with Gasteiger partial charge in [0.15, 0.2) is 0 Å². The first kappa shape index (κ1) is 13.4. The normalized spacial score (nSPS) is 17.1. The molecule has 1 aliphatic rings. The minimum atomic E-state index is -0.203. The molecule has 0 saturated carbocycles. The second-order valence-electron chi connectivity index (χ2n) is 5.35. The monoisotopic (exact) mass is 249 g/mol. The lowest BCUT2D eigenvalue weighted by molar-refractivity contribution is 0.0918. The second kappa shape index (κ2) is 5.72. The molecule has 1 aromatic rings. The van der Waals surface area contributed by atoms with Gasteiger partial charge in [-0.2, -0.15) is 0 Å². The van der Waals surface area contributed by atoms with Crippen LogP contribution in [-0.2, 0) is 17.6 Å². The van der Waals surface area contributed by atoms with Crippen LogP contribution in [-0.4, -0.2) is 25.4 Å². The highest BCUT2D eigenvalue weighted by atomic mass is 16.5. The largest absolute Gasteiger partial charge is 0.493 e. The summed E-state index contributed by atoms with van der Waals surface area (Å²) in [5.41, 5.74) is 8.46. The number of fused-ring (bicyclic) bond motifs is 1. The summed E-state index contributed by atoms with van der Waals surface area (Å²) in [6.45, 7) is 6.28. The third kappa shape index (κ3) is 3.47. The van der Waals surface area contributed by atoms with Gasteiger partial charge in [0, 0.05) is 12.0 Å². The molecule has 1 heterocycles. The van der Waals surface area contributed by atoms with Gasteiger partial charge in [-0.1, -0.05) is 19.1 Å². The van der Waals surface area contributed by atoms with Crippen LogP contribution in [0.25, 0.3) is 0 Å². The second-order valence-corrected chi connectivity index (χ2v) is 5.35. The standard InChI is InChI=1S/C15H23NO2/c1-3-15(2,16)11-17-8-6-12-4-5-14-13(10-12)7-9-18-14/h4-5,10H,3,6-9,11,16H2,1-2H3. The quantitative estimate of drug-likeness (QED) is 0.787. The van der Waals surface area contributed by atoms with Crippen LogP contribution in [0.5, 0.6) is 5.75 Å². The highest BCUT2D eigenvalue weighted by molar-refractivity contribution is 5.39. The van der Waals surface area contributed by atoms with Gasteiger partial charge < -0.3 is 15.2 Å². The summed E-state index contributed by atoms with van der Waals surface area (Å²) in [5, 5.41) is 0. The average Bonchev–Trinajstić information content (AvgIpc) is 2.82. The molecule has 1 aromatic carbocycles. The van der Waals surface area contributed by atoms with Crippen molar-refractivity contribution in [2.75, 3.05) is 19.8 Å². The molecule has 18 heavy (non-hydrogen) atoms. The Hall–Kier alpha value is -1.06. The zero-order valence-electron chi connectivity index (χ0n) is 11.4. The van der Waals surface area contributed by atoms with Gasteiger partial charge in [-0.05, 0) is 37.0 Å². The lowest BCUT2D eigenvalue weighted by atomic mass is 10.0. The molecule has 0 saturated heterocycles. The number of ether oxygens (including phenoxy) is 2. The summed E-state index contributed by atoms with van der Waals surface area (Å²) >= 11 is 0. The minimum Gasteiger partial charge on any atom is -0.493 e. The minimum absolute atomic E-state index is 0.203. The summed E-state index contributed by atoms with van der Waals surface area (Å²) < 4.78 is 11.1. The van der Waals surface area contributed by atoms with Crippen molar-refractivity contribution in [3.05, 3.63) is 29.3 Å². The van der Waals surface area contributed by atoms with E-state index in [2.05, 4.69) is 25.1 Å². The number of hydrogen-bond donors (Lipinski definition) is 1. The number of nitrogens with two attached hydrogens (primary N) is 1. The van der Waals surface area contributed by atoms with Gasteiger partial charge in [0.2, 0.25) is 0 Å². The SMILES string of the molecule is CCC(C)(N)COCCc1ccc2c(c1)CCO2. The molecule has 0 aliphatic carbocycles. The Balaban J connectivity index is 1.77. The van der Waals surface area contributed by atoms with E-state index in [0.717, 1.165) is 38.2 Å². The van der Waals surface area contributed by atoms with Crippen molar-refractivity contribution in [3.8, 4) is 5.75 Å². The molecular formula is C15H23NO2. The Morgan fingerprint density at radius 3 is 3.06 bits per heavy atom. The summed E-state index contributed by atoms with van der Waals surface area (Å²) in [4.78, 5) is 0. The maximum Gasteiger partial charge on any atom is 0.122 e. The molecule has 3 nitrogen and oxygen atoms in total. The van der Waals surface area contributed by atoms with Crippen LogP contribution in [0, 0.1) is 0 Å². The zero-order valence-corrected chi connectivity index (χ0v) is 11.4. The van der Waals surface area contributed by atoms with E-state index in [-0.39, 0.29) is 5.54 Å². The third-order valence-electron chi connectivity index (χ3n) is 3.53. The number of hydrogen-bond acceptors (Lipinski definition) is 3. The maximum atomic E-state index is 6.03. The molecule has 0 radical (unpaired) electrons. The van der Waals surface area contributed by atoms with E-state index in [4.69, 9.17) is 15.2 Å². The smallest absolute Gasteiger partial charge is 0.122 e. The first-order valence-electron chi connectivity index (χ1n) is 6.72. The van der Waals surface area contributed by atoms with Crippen molar-refractivity contribution >= 4 is 0 Å². The van der Waals surface area contributed by atoms with Crippen molar-refractivity contribution in [1.29, 1.82) is 0 Å². The Bertz CT molecular complexity index is 401. The van der Waals surface area contributed by atoms with E-state index in [1.807, 2.05) is 6.92 Å². The molecular weight excluding hydrogens is 226 g/mol. The van der Waals surface area contributed by atoms with Crippen molar-refractivity contribution < 1.29 is 9.47 Å². The average molecular weight is 249 g/mol. The predicted molar refractivity (Wildman–Crippen MR) is 73.0 cm³/mol. The van der Waals surface area contributed by atoms with Crippen LogP contribution in [0.3, 0.4) is 0 Å². The fraction of sp³-hybridized carbons (Fsp3) is 0.600. The molecule has 3 heteroatoms. The zero-order chi connectivity index (χ0) is 13.0. The van der Waals surface area contributed by atoms with Gasteiger partial charge in [-0.3, -0.25) is 0 Å². The summed E-state index contributed by atoms with van der Waals surface area (Å²) in [7, 11) is 0. The van der Waals surface area contributed by atoms with Gasteiger partial charge >= 0.3 is 0 Å². The van der Waals surface area contributed by atoms with Crippen molar-refractivity contribution in [3.63, 3.8) is 0 Å². The maximum absolute atomic E-state index is 6.03. The first-order valence-corrected chi connectivity index (χ1v) is 6.72. The van der Waals surface area contributed by atoms with E-state index in [9.17, 15) is 0 Å². The van der Waals surface area contributed by atoms with Crippen LogP contribution in [0.1, 0.15) is 31.4 Å². The van der Waals surface area contributed by atoms with E-state index >= 15 is 0 Å². The van der Waals surface area contributed by atoms with Crippen LogP contribution in [0.2, 0.25) is 0 Å². The highest BCUT2D eigenvalue weighted by Gasteiger charge is 2.15. The van der Waals surface area contributed by atoms with E-state index in [0.29, 0.717) is 6.61 Å². The summed E-state index contributed by atoms with van der Waals surface area (Å²) in [6.07, 6.45) is 2.90. The highest BCUT2D eigenvalue weighted by Crippen LogP contribution is 2.25. The molecule has 0 spiro atoms. The van der Waals surface area contributed by atoms with Gasteiger partial charge in [-0.15, -0.1) is 0 Å². The van der Waals surface area contributed by atoms with Gasteiger partial charge in [-0.25, -0.2) is 0 Å². The third-order valence-corrected chi connectivity index (χ3v) is 3.53. The molecule has 1 unspecified atom stereocenters. The lowest BCUT2D eigenvalue weighted by Gasteiger charge is -2.22. The molecule has 2 N–H and O–H groups in total. The fourth-order valence-electron chi connectivity index (χ4n) is 1.99.